The standard InChI is InChI=1S/C12H19N3OS/c1-8(2)14-11(16)9(3)17-12-13-6-7-15(12)10-4-5-10/h6-10H,4-5H2,1-3H3,(H,14,16). The molecule has 1 heterocycles. The van der Waals surface area contributed by atoms with Crippen LogP contribution >= 0.6 is 11.8 Å². The molecule has 1 aromatic rings. The smallest absolute Gasteiger partial charge is 0.233 e. The predicted molar refractivity (Wildman–Crippen MR) is 69.1 cm³/mol. The molecule has 0 saturated heterocycles. The Hall–Kier alpha value is -0.970. The van der Waals surface area contributed by atoms with Crippen LogP contribution in [0.5, 0.6) is 0 Å². The van der Waals surface area contributed by atoms with Crippen molar-refractivity contribution >= 4 is 17.7 Å². The van der Waals surface area contributed by atoms with Gasteiger partial charge in [0.15, 0.2) is 5.16 Å². The Balaban J connectivity index is 1.95. The number of imidazole rings is 1. The lowest BCUT2D eigenvalue weighted by Gasteiger charge is -2.14. The number of thioether (sulfide) groups is 1. The molecule has 0 aromatic carbocycles. The van der Waals surface area contributed by atoms with Crippen molar-refractivity contribution in [2.24, 2.45) is 0 Å². The van der Waals surface area contributed by atoms with Gasteiger partial charge in [-0.3, -0.25) is 4.79 Å². The molecule has 1 fully saturated rings. The summed E-state index contributed by atoms with van der Waals surface area (Å²) < 4.78 is 2.18. The number of amides is 1. The zero-order valence-electron chi connectivity index (χ0n) is 10.5. The summed E-state index contributed by atoms with van der Waals surface area (Å²) in [5.41, 5.74) is 0. The minimum absolute atomic E-state index is 0.0790. The highest BCUT2D eigenvalue weighted by Crippen LogP contribution is 2.38. The second-order valence-electron chi connectivity index (χ2n) is 4.77. The second kappa shape index (κ2) is 5.12. The third-order valence-corrected chi connectivity index (χ3v) is 3.75. The summed E-state index contributed by atoms with van der Waals surface area (Å²) in [6.45, 7) is 5.87. The molecule has 1 atom stereocenters. The fourth-order valence-electron chi connectivity index (χ4n) is 1.63. The predicted octanol–water partition coefficient (Wildman–Crippen LogP) is 2.22. The topological polar surface area (TPSA) is 46.9 Å². The largest absolute Gasteiger partial charge is 0.353 e. The van der Waals surface area contributed by atoms with Gasteiger partial charge in [-0.15, -0.1) is 0 Å². The average molecular weight is 253 g/mol. The van der Waals surface area contributed by atoms with Gasteiger partial charge in [0.1, 0.15) is 0 Å². The van der Waals surface area contributed by atoms with Gasteiger partial charge in [0.05, 0.1) is 5.25 Å². The molecule has 1 aromatic heterocycles. The summed E-state index contributed by atoms with van der Waals surface area (Å²) in [5, 5.41) is 3.78. The third-order valence-electron chi connectivity index (χ3n) is 2.66. The Morgan fingerprint density at radius 1 is 1.53 bits per heavy atom. The Kier molecular flexibility index (Phi) is 3.76. The van der Waals surface area contributed by atoms with Crippen LogP contribution in [0.4, 0.5) is 0 Å². The van der Waals surface area contributed by atoms with Gasteiger partial charge in [-0.2, -0.15) is 0 Å². The minimum atomic E-state index is -0.0997. The van der Waals surface area contributed by atoms with Gasteiger partial charge in [-0.05, 0) is 33.6 Å². The Labute approximate surface area is 106 Å². The lowest BCUT2D eigenvalue weighted by molar-refractivity contribution is -0.120. The van der Waals surface area contributed by atoms with Crippen LogP contribution in [0, 0.1) is 0 Å². The SMILES string of the molecule is CC(C)NC(=O)C(C)Sc1nccn1C1CC1. The van der Waals surface area contributed by atoms with Crippen molar-refractivity contribution in [2.45, 2.75) is 56.1 Å². The van der Waals surface area contributed by atoms with Crippen molar-refractivity contribution in [2.75, 3.05) is 0 Å². The van der Waals surface area contributed by atoms with E-state index in [-0.39, 0.29) is 17.2 Å². The Morgan fingerprint density at radius 2 is 2.24 bits per heavy atom. The number of aromatic nitrogens is 2. The molecule has 5 heteroatoms. The number of nitrogens with one attached hydrogen (secondary N) is 1. The van der Waals surface area contributed by atoms with Crippen LogP contribution in [-0.2, 0) is 4.79 Å². The van der Waals surface area contributed by atoms with E-state index in [0.717, 1.165) is 5.16 Å². The average Bonchev–Trinajstić information content (AvgIpc) is 2.99. The number of carbonyl (C=O) groups excluding carboxylic acids is 1. The normalized spacial score (nSPS) is 17.2. The summed E-state index contributed by atoms with van der Waals surface area (Å²) in [7, 11) is 0. The van der Waals surface area contributed by atoms with Crippen molar-refractivity contribution in [1.29, 1.82) is 0 Å². The molecule has 94 valence electrons. The quantitative estimate of drug-likeness (QED) is 0.819. The molecule has 1 amide bonds. The molecule has 0 radical (unpaired) electrons. The van der Waals surface area contributed by atoms with Crippen LogP contribution in [0.3, 0.4) is 0 Å². The van der Waals surface area contributed by atoms with Crippen molar-refractivity contribution in [1.82, 2.24) is 14.9 Å². The molecule has 4 nitrogen and oxygen atoms in total. The molecule has 1 saturated carbocycles. The van der Waals surface area contributed by atoms with E-state index in [0.29, 0.717) is 6.04 Å². The summed E-state index contributed by atoms with van der Waals surface area (Å²) in [6, 6.07) is 0.800. The number of hydrogen-bond donors (Lipinski definition) is 1. The Bertz CT molecular complexity index is 398. The van der Waals surface area contributed by atoms with Gasteiger partial charge >= 0.3 is 0 Å². The maximum Gasteiger partial charge on any atom is 0.233 e. The molecule has 1 aliphatic rings. The highest BCUT2D eigenvalue weighted by atomic mass is 32.2. The molecule has 0 spiro atoms. The first-order chi connectivity index (χ1) is 8.08. The van der Waals surface area contributed by atoms with E-state index < -0.39 is 0 Å². The number of rotatable bonds is 5. The summed E-state index contributed by atoms with van der Waals surface area (Å²) in [5.74, 6) is 0.0790. The molecule has 1 N–H and O–H groups in total. The van der Waals surface area contributed by atoms with Crippen LogP contribution in [0.2, 0.25) is 0 Å². The fraction of sp³-hybridized carbons (Fsp3) is 0.667. The van der Waals surface area contributed by atoms with Gasteiger partial charge < -0.3 is 9.88 Å². The van der Waals surface area contributed by atoms with Gasteiger partial charge in [0.2, 0.25) is 5.91 Å². The van der Waals surface area contributed by atoms with Crippen molar-refractivity contribution < 1.29 is 4.79 Å². The molecular formula is C12H19N3OS. The molecule has 0 bridgehead atoms. The maximum atomic E-state index is 11.8. The minimum Gasteiger partial charge on any atom is -0.353 e. The van der Waals surface area contributed by atoms with Crippen LogP contribution in [-0.4, -0.2) is 26.8 Å². The van der Waals surface area contributed by atoms with Gasteiger partial charge in [0.25, 0.3) is 0 Å². The highest BCUT2D eigenvalue weighted by Gasteiger charge is 2.27. The van der Waals surface area contributed by atoms with E-state index in [4.69, 9.17) is 0 Å². The monoisotopic (exact) mass is 253 g/mol. The lowest BCUT2D eigenvalue weighted by Crippen LogP contribution is -2.36. The van der Waals surface area contributed by atoms with Gasteiger partial charge in [0, 0.05) is 24.5 Å². The fourth-order valence-corrected chi connectivity index (χ4v) is 2.58. The third kappa shape index (κ3) is 3.25. The number of carbonyl (C=O) groups is 1. The number of nitrogens with zero attached hydrogens (tertiary/aromatic N) is 2. The van der Waals surface area contributed by atoms with Crippen molar-refractivity contribution in [3.05, 3.63) is 12.4 Å². The number of hydrogen-bond acceptors (Lipinski definition) is 3. The van der Waals surface area contributed by atoms with Gasteiger partial charge in [-0.1, -0.05) is 11.8 Å². The molecule has 17 heavy (non-hydrogen) atoms. The molecule has 1 aliphatic carbocycles. The first-order valence-corrected chi connectivity index (χ1v) is 6.95. The van der Waals surface area contributed by atoms with E-state index in [9.17, 15) is 4.79 Å². The van der Waals surface area contributed by atoms with Crippen molar-refractivity contribution in [3.8, 4) is 0 Å². The van der Waals surface area contributed by atoms with Crippen LogP contribution in [0.25, 0.3) is 0 Å². The van der Waals surface area contributed by atoms with E-state index in [1.807, 2.05) is 33.2 Å². The first kappa shape index (κ1) is 12.5. The zero-order chi connectivity index (χ0) is 12.4. The second-order valence-corrected chi connectivity index (χ2v) is 6.08. The summed E-state index contributed by atoms with van der Waals surface area (Å²) in [6.07, 6.45) is 6.29. The molecule has 2 rings (SSSR count). The van der Waals surface area contributed by atoms with Crippen molar-refractivity contribution in [3.63, 3.8) is 0 Å². The molecule has 0 aliphatic heterocycles. The van der Waals surface area contributed by atoms with Crippen LogP contribution in [0.15, 0.2) is 17.6 Å². The van der Waals surface area contributed by atoms with E-state index in [2.05, 4.69) is 14.9 Å². The zero-order valence-corrected chi connectivity index (χ0v) is 11.3. The van der Waals surface area contributed by atoms with E-state index >= 15 is 0 Å². The van der Waals surface area contributed by atoms with E-state index in [1.54, 1.807) is 0 Å². The van der Waals surface area contributed by atoms with E-state index in [1.165, 1.54) is 24.6 Å². The lowest BCUT2D eigenvalue weighted by atomic mass is 10.3. The molecular weight excluding hydrogens is 234 g/mol. The van der Waals surface area contributed by atoms with Crippen LogP contribution in [0.1, 0.15) is 39.7 Å². The summed E-state index contributed by atoms with van der Waals surface area (Å²) in [4.78, 5) is 16.1. The maximum absolute atomic E-state index is 11.8. The van der Waals surface area contributed by atoms with Crippen LogP contribution < -0.4 is 5.32 Å². The van der Waals surface area contributed by atoms with Gasteiger partial charge in [-0.25, -0.2) is 4.98 Å². The first-order valence-electron chi connectivity index (χ1n) is 6.07. The Morgan fingerprint density at radius 3 is 2.82 bits per heavy atom. The highest BCUT2D eigenvalue weighted by molar-refractivity contribution is 8.00. The summed E-state index contributed by atoms with van der Waals surface area (Å²) >= 11 is 1.54. The molecule has 1 unspecified atom stereocenters.